The zero-order valence-electron chi connectivity index (χ0n) is 15.9. The molecule has 142 valence electrons. The van der Waals surface area contributed by atoms with Gasteiger partial charge in [0.2, 0.25) is 0 Å². The van der Waals surface area contributed by atoms with Crippen LogP contribution in [0.2, 0.25) is 0 Å². The molecule has 2 heterocycles. The summed E-state index contributed by atoms with van der Waals surface area (Å²) in [5, 5.41) is 14.0. The van der Waals surface area contributed by atoms with E-state index in [2.05, 4.69) is 15.1 Å². The Morgan fingerprint density at radius 1 is 0.926 bits per heavy atom. The predicted molar refractivity (Wildman–Crippen MR) is 110 cm³/mol. The lowest BCUT2D eigenvalue weighted by molar-refractivity contribution is 0.102. The van der Waals surface area contributed by atoms with Crippen molar-refractivity contribution in [2.45, 2.75) is 32.6 Å². The second kappa shape index (κ2) is 7.51. The largest absolute Gasteiger partial charge is 0.504 e. The minimum atomic E-state index is -0.112. The lowest BCUT2D eigenvalue weighted by atomic mass is 10.1. The summed E-state index contributed by atoms with van der Waals surface area (Å²) in [6.07, 6.45) is 4.55. The monoisotopic (exact) mass is 365 g/mol. The van der Waals surface area contributed by atoms with Crippen molar-refractivity contribution in [2.75, 3.05) is 41.3 Å². The van der Waals surface area contributed by atoms with Crippen molar-refractivity contribution in [2.24, 2.45) is 0 Å². The van der Waals surface area contributed by atoms with Crippen LogP contribution in [0.3, 0.4) is 0 Å². The molecular formula is C22H27N3O2. The lowest BCUT2D eigenvalue weighted by Crippen LogP contribution is -2.22. The summed E-state index contributed by atoms with van der Waals surface area (Å²) >= 11 is 0. The first kappa shape index (κ1) is 17.7. The molecule has 2 aromatic carbocycles. The molecule has 0 spiro atoms. The van der Waals surface area contributed by atoms with Crippen LogP contribution in [-0.4, -0.2) is 37.2 Å². The first-order chi connectivity index (χ1) is 13.1. The normalized spacial score (nSPS) is 16.8. The van der Waals surface area contributed by atoms with Gasteiger partial charge in [0.25, 0.3) is 5.91 Å². The number of aryl methyl sites for hydroxylation is 1. The van der Waals surface area contributed by atoms with E-state index in [-0.39, 0.29) is 5.91 Å². The number of amides is 1. The van der Waals surface area contributed by atoms with Gasteiger partial charge in [0.15, 0.2) is 5.75 Å². The third kappa shape index (κ3) is 3.59. The maximum Gasteiger partial charge on any atom is 0.255 e. The summed E-state index contributed by atoms with van der Waals surface area (Å²) in [7, 11) is 0. The van der Waals surface area contributed by atoms with E-state index in [0.29, 0.717) is 11.3 Å². The Hall–Kier alpha value is -2.69. The first-order valence-electron chi connectivity index (χ1n) is 9.87. The summed E-state index contributed by atoms with van der Waals surface area (Å²) < 4.78 is 0. The Bertz CT molecular complexity index is 800. The second-order valence-corrected chi connectivity index (χ2v) is 7.52. The van der Waals surface area contributed by atoms with Crippen LogP contribution < -0.4 is 15.1 Å². The molecule has 2 aliphatic rings. The number of nitrogens with one attached hydrogen (secondary N) is 1. The van der Waals surface area contributed by atoms with E-state index < -0.39 is 0 Å². The first-order valence-corrected chi connectivity index (χ1v) is 9.87. The van der Waals surface area contributed by atoms with Crippen molar-refractivity contribution in [1.82, 2.24) is 0 Å². The second-order valence-electron chi connectivity index (χ2n) is 7.52. The Morgan fingerprint density at radius 3 is 1.96 bits per heavy atom. The van der Waals surface area contributed by atoms with Gasteiger partial charge in [0, 0.05) is 37.4 Å². The van der Waals surface area contributed by atoms with Crippen molar-refractivity contribution < 1.29 is 9.90 Å². The Kier molecular flexibility index (Phi) is 4.92. The van der Waals surface area contributed by atoms with Crippen LogP contribution in [0.1, 0.15) is 41.6 Å². The minimum absolute atomic E-state index is 0.112. The fourth-order valence-electron chi connectivity index (χ4n) is 4.10. The third-order valence-electron chi connectivity index (χ3n) is 5.61. The fourth-order valence-corrected chi connectivity index (χ4v) is 4.10. The van der Waals surface area contributed by atoms with Crippen LogP contribution in [0, 0.1) is 6.92 Å². The smallest absolute Gasteiger partial charge is 0.255 e. The number of rotatable bonds is 4. The van der Waals surface area contributed by atoms with Crippen molar-refractivity contribution in [3.63, 3.8) is 0 Å². The average Bonchev–Trinajstić information content (AvgIpc) is 3.37. The van der Waals surface area contributed by atoms with Crippen LogP contribution in [0.4, 0.5) is 17.1 Å². The number of aromatic hydroxyl groups is 1. The van der Waals surface area contributed by atoms with Crippen molar-refractivity contribution in [3.8, 4) is 5.75 Å². The summed E-state index contributed by atoms with van der Waals surface area (Å²) in [5.74, 6) is 0.228. The highest BCUT2D eigenvalue weighted by Gasteiger charge is 2.24. The number of nitrogens with zero attached hydrogens (tertiary/aromatic N) is 2. The molecule has 2 N–H and O–H groups in total. The van der Waals surface area contributed by atoms with E-state index in [1.54, 1.807) is 0 Å². The standard InChI is InChI=1S/C22H27N3O2/c1-16-8-2-3-9-18(16)22(27)23-17-14-19(24-10-4-5-11-24)21(26)20(15-17)25-12-6-7-13-25/h2-3,8-9,14-15,26H,4-7,10-13H2,1H3,(H,23,27). The van der Waals surface area contributed by atoms with E-state index in [0.717, 1.165) is 74.5 Å². The maximum atomic E-state index is 12.8. The molecule has 0 aromatic heterocycles. The number of carbonyl (C=O) groups excluding carboxylic acids is 1. The number of phenolic OH excluding ortho intramolecular Hbond substituents is 1. The number of hydrogen-bond donors (Lipinski definition) is 2. The summed E-state index contributed by atoms with van der Waals surface area (Å²) in [4.78, 5) is 17.2. The quantitative estimate of drug-likeness (QED) is 0.799. The highest BCUT2D eigenvalue weighted by Crippen LogP contribution is 2.42. The molecule has 0 aliphatic carbocycles. The predicted octanol–water partition coefficient (Wildman–Crippen LogP) is 4.15. The van der Waals surface area contributed by atoms with Crippen LogP contribution >= 0.6 is 0 Å². The van der Waals surface area contributed by atoms with Crippen molar-refractivity contribution >= 4 is 23.0 Å². The van der Waals surface area contributed by atoms with Crippen LogP contribution in [0.25, 0.3) is 0 Å². The fraction of sp³-hybridized carbons (Fsp3) is 0.409. The van der Waals surface area contributed by atoms with Gasteiger partial charge >= 0.3 is 0 Å². The van der Waals surface area contributed by atoms with Crippen molar-refractivity contribution in [1.29, 1.82) is 0 Å². The summed E-state index contributed by atoms with van der Waals surface area (Å²) in [5.41, 5.74) is 4.03. The number of anilines is 3. The highest BCUT2D eigenvalue weighted by molar-refractivity contribution is 6.06. The number of phenols is 1. The number of hydrogen-bond acceptors (Lipinski definition) is 4. The van der Waals surface area contributed by atoms with Crippen LogP contribution in [0.15, 0.2) is 36.4 Å². The molecule has 4 rings (SSSR count). The molecule has 27 heavy (non-hydrogen) atoms. The van der Waals surface area contributed by atoms with Crippen LogP contribution in [-0.2, 0) is 0 Å². The van der Waals surface area contributed by atoms with Gasteiger partial charge in [0.1, 0.15) is 0 Å². The van der Waals surface area contributed by atoms with Crippen molar-refractivity contribution in [3.05, 3.63) is 47.5 Å². The van der Waals surface area contributed by atoms with Gasteiger partial charge in [-0.3, -0.25) is 4.79 Å². The van der Waals surface area contributed by atoms with Gasteiger partial charge in [-0.25, -0.2) is 0 Å². The van der Waals surface area contributed by atoms with E-state index in [9.17, 15) is 9.90 Å². The minimum Gasteiger partial charge on any atom is -0.504 e. The van der Waals surface area contributed by atoms with Crippen LogP contribution in [0.5, 0.6) is 5.75 Å². The van der Waals surface area contributed by atoms with E-state index >= 15 is 0 Å². The van der Waals surface area contributed by atoms with E-state index in [1.165, 1.54) is 0 Å². The molecule has 2 saturated heterocycles. The Labute approximate surface area is 160 Å². The molecule has 2 aromatic rings. The Balaban J connectivity index is 1.69. The van der Waals surface area contributed by atoms with E-state index in [1.807, 2.05) is 43.3 Å². The molecule has 0 bridgehead atoms. The van der Waals surface area contributed by atoms with Gasteiger partial charge in [0.05, 0.1) is 11.4 Å². The van der Waals surface area contributed by atoms with Gasteiger partial charge < -0.3 is 20.2 Å². The van der Waals surface area contributed by atoms with Gasteiger partial charge in [-0.05, 0) is 56.4 Å². The Morgan fingerprint density at radius 2 is 1.44 bits per heavy atom. The third-order valence-corrected chi connectivity index (χ3v) is 5.61. The average molecular weight is 365 g/mol. The molecule has 0 saturated carbocycles. The maximum absolute atomic E-state index is 12.8. The molecule has 2 fully saturated rings. The molecule has 2 aliphatic heterocycles. The van der Waals surface area contributed by atoms with Gasteiger partial charge in [-0.2, -0.15) is 0 Å². The summed E-state index contributed by atoms with van der Waals surface area (Å²) in [6.45, 7) is 5.73. The highest BCUT2D eigenvalue weighted by atomic mass is 16.3. The lowest BCUT2D eigenvalue weighted by Gasteiger charge is -2.26. The van der Waals surface area contributed by atoms with E-state index in [4.69, 9.17) is 0 Å². The zero-order valence-corrected chi connectivity index (χ0v) is 15.9. The van der Waals surface area contributed by atoms with Gasteiger partial charge in [-0.15, -0.1) is 0 Å². The molecule has 0 radical (unpaired) electrons. The zero-order chi connectivity index (χ0) is 18.8. The molecule has 5 nitrogen and oxygen atoms in total. The van der Waals surface area contributed by atoms with Gasteiger partial charge in [-0.1, -0.05) is 18.2 Å². The summed E-state index contributed by atoms with van der Waals surface area (Å²) in [6, 6.07) is 11.4. The molecule has 0 atom stereocenters. The molecule has 5 heteroatoms. The SMILES string of the molecule is Cc1ccccc1C(=O)Nc1cc(N2CCCC2)c(O)c(N2CCCC2)c1. The number of benzene rings is 2. The molecule has 0 unspecified atom stereocenters. The topological polar surface area (TPSA) is 55.8 Å². The number of carbonyl (C=O) groups is 1. The molecule has 1 amide bonds. The molecular weight excluding hydrogens is 338 g/mol.